The van der Waals surface area contributed by atoms with Gasteiger partial charge in [-0.3, -0.25) is 9.59 Å². The van der Waals surface area contributed by atoms with E-state index in [0.717, 1.165) is 5.75 Å². The van der Waals surface area contributed by atoms with Gasteiger partial charge in [-0.1, -0.05) is 17.8 Å². The lowest BCUT2D eigenvalue weighted by molar-refractivity contribution is -0.116. The SMILES string of the molecule is O=C(CCN1CCSC1=O)Nc1cccc(C(=O)O)c1O. The normalized spacial score (nSPS) is 14.3. The molecule has 0 bridgehead atoms. The quantitative estimate of drug-likeness (QED) is 0.713. The van der Waals surface area contributed by atoms with Crippen LogP contribution in [0.25, 0.3) is 0 Å². The lowest BCUT2D eigenvalue weighted by Gasteiger charge is -2.14. The second-order valence-corrected chi connectivity index (χ2v) is 5.45. The molecule has 112 valence electrons. The van der Waals surface area contributed by atoms with Crippen LogP contribution in [0.5, 0.6) is 5.75 Å². The minimum absolute atomic E-state index is 0.0430. The van der Waals surface area contributed by atoms with Crippen molar-refractivity contribution < 1.29 is 24.6 Å². The van der Waals surface area contributed by atoms with Crippen LogP contribution in [0, 0.1) is 0 Å². The Morgan fingerprint density at radius 1 is 1.38 bits per heavy atom. The first kappa shape index (κ1) is 15.2. The van der Waals surface area contributed by atoms with Crippen LogP contribution < -0.4 is 5.32 Å². The highest BCUT2D eigenvalue weighted by molar-refractivity contribution is 8.13. The van der Waals surface area contributed by atoms with Crippen molar-refractivity contribution in [1.29, 1.82) is 0 Å². The summed E-state index contributed by atoms with van der Waals surface area (Å²) in [4.78, 5) is 35.6. The third-order valence-electron chi connectivity index (χ3n) is 2.99. The number of hydrogen-bond donors (Lipinski definition) is 3. The van der Waals surface area contributed by atoms with Gasteiger partial charge in [-0.25, -0.2) is 4.79 Å². The molecule has 0 radical (unpaired) electrons. The standard InChI is InChI=1S/C13H14N2O5S/c16-10(4-5-15-6-7-21-13(15)20)14-9-3-1-2-8(11(9)17)12(18)19/h1-3,17H,4-7H2,(H,14,16)(H,18,19). The summed E-state index contributed by atoms with van der Waals surface area (Å²) in [5, 5.41) is 21.1. The van der Waals surface area contributed by atoms with E-state index < -0.39 is 17.6 Å². The molecule has 2 amide bonds. The van der Waals surface area contributed by atoms with Crippen LogP contribution in [0.2, 0.25) is 0 Å². The number of amides is 2. The van der Waals surface area contributed by atoms with E-state index in [4.69, 9.17) is 5.11 Å². The Hall–Kier alpha value is -2.22. The number of nitrogens with one attached hydrogen (secondary N) is 1. The van der Waals surface area contributed by atoms with Gasteiger partial charge in [0.2, 0.25) is 5.91 Å². The second-order valence-electron chi connectivity index (χ2n) is 4.41. The summed E-state index contributed by atoms with van der Waals surface area (Å²) in [7, 11) is 0. The monoisotopic (exact) mass is 310 g/mol. The predicted octanol–water partition coefficient (Wildman–Crippen LogP) is 1.59. The highest BCUT2D eigenvalue weighted by Crippen LogP contribution is 2.27. The molecular weight excluding hydrogens is 296 g/mol. The molecule has 0 unspecified atom stereocenters. The van der Waals surface area contributed by atoms with Crippen molar-refractivity contribution in [3.05, 3.63) is 23.8 Å². The van der Waals surface area contributed by atoms with E-state index in [2.05, 4.69) is 5.32 Å². The predicted molar refractivity (Wildman–Crippen MR) is 77.7 cm³/mol. The molecule has 1 saturated heterocycles. The fourth-order valence-corrected chi connectivity index (χ4v) is 2.75. The first-order valence-corrected chi connectivity index (χ1v) is 7.24. The maximum absolute atomic E-state index is 11.8. The van der Waals surface area contributed by atoms with Crippen LogP contribution in [0.4, 0.5) is 10.5 Å². The van der Waals surface area contributed by atoms with E-state index in [1.165, 1.54) is 30.0 Å². The van der Waals surface area contributed by atoms with E-state index in [-0.39, 0.29) is 22.9 Å². The molecule has 0 aliphatic carbocycles. The zero-order valence-corrected chi connectivity index (χ0v) is 11.9. The van der Waals surface area contributed by atoms with E-state index >= 15 is 0 Å². The molecule has 1 fully saturated rings. The van der Waals surface area contributed by atoms with Gasteiger partial charge in [0.05, 0.1) is 5.69 Å². The summed E-state index contributed by atoms with van der Waals surface area (Å²) in [6, 6.07) is 4.09. The van der Waals surface area contributed by atoms with Gasteiger partial charge in [0.15, 0.2) is 5.75 Å². The fourth-order valence-electron chi connectivity index (χ4n) is 1.89. The number of carboxylic acid groups (broad SMARTS) is 1. The topological polar surface area (TPSA) is 107 Å². The van der Waals surface area contributed by atoms with Crippen molar-refractivity contribution in [3.63, 3.8) is 0 Å². The van der Waals surface area contributed by atoms with Crippen LogP contribution >= 0.6 is 11.8 Å². The molecule has 0 saturated carbocycles. The van der Waals surface area contributed by atoms with Crippen molar-refractivity contribution in [1.82, 2.24) is 4.90 Å². The third-order valence-corrected chi connectivity index (χ3v) is 3.89. The average molecular weight is 310 g/mol. The number of thioether (sulfide) groups is 1. The van der Waals surface area contributed by atoms with Gasteiger partial charge in [-0.2, -0.15) is 0 Å². The molecule has 2 rings (SSSR count). The number of carbonyl (C=O) groups excluding carboxylic acids is 2. The molecule has 1 aromatic carbocycles. The molecule has 1 heterocycles. The molecule has 0 aromatic heterocycles. The average Bonchev–Trinajstić information content (AvgIpc) is 2.84. The van der Waals surface area contributed by atoms with Crippen molar-refractivity contribution in [2.45, 2.75) is 6.42 Å². The Morgan fingerprint density at radius 2 is 2.14 bits per heavy atom. The van der Waals surface area contributed by atoms with Crippen LogP contribution in [0.3, 0.4) is 0 Å². The number of carboxylic acids is 1. The third kappa shape index (κ3) is 3.66. The van der Waals surface area contributed by atoms with E-state index in [9.17, 15) is 19.5 Å². The first-order valence-electron chi connectivity index (χ1n) is 6.26. The number of aromatic hydroxyl groups is 1. The maximum Gasteiger partial charge on any atom is 0.339 e. The van der Waals surface area contributed by atoms with Crippen molar-refractivity contribution in [2.75, 3.05) is 24.2 Å². The Balaban J connectivity index is 1.95. The summed E-state index contributed by atoms with van der Waals surface area (Å²) in [6.07, 6.45) is 0.0863. The summed E-state index contributed by atoms with van der Waals surface area (Å²) in [5.41, 5.74) is -0.235. The molecule has 8 heteroatoms. The second kappa shape index (κ2) is 6.49. The van der Waals surface area contributed by atoms with Gasteiger partial charge >= 0.3 is 5.97 Å². The number of carbonyl (C=O) groups is 3. The van der Waals surface area contributed by atoms with Crippen molar-refractivity contribution >= 4 is 34.6 Å². The number of para-hydroxylation sites is 1. The van der Waals surface area contributed by atoms with E-state index in [1.807, 2.05) is 0 Å². The van der Waals surface area contributed by atoms with Crippen LogP contribution in [0.15, 0.2) is 18.2 Å². The minimum atomic E-state index is -1.27. The number of nitrogens with zero attached hydrogens (tertiary/aromatic N) is 1. The largest absolute Gasteiger partial charge is 0.505 e. The Kier molecular flexibility index (Phi) is 4.69. The molecule has 1 aromatic rings. The van der Waals surface area contributed by atoms with Crippen LogP contribution in [-0.2, 0) is 4.79 Å². The van der Waals surface area contributed by atoms with Crippen LogP contribution in [0.1, 0.15) is 16.8 Å². The van der Waals surface area contributed by atoms with Gasteiger partial charge in [-0.15, -0.1) is 0 Å². The number of anilines is 1. The lowest BCUT2D eigenvalue weighted by atomic mass is 10.1. The molecule has 21 heavy (non-hydrogen) atoms. The molecule has 1 aliphatic heterocycles. The van der Waals surface area contributed by atoms with Gasteiger partial charge < -0.3 is 20.4 Å². The van der Waals surface area contributed by atoms with Gasteiger partial charge in [0, 0.05) is 25.3 Å². The number of benzene rings is 1. The number of aromatic carboxylic acids is 1. The summed E-state index contributed by atoms with van der Waals surface area (Å²) < 4.78 is 0. The molecule has 3 N–H and O–H groups in total. The Morgan fingerprint density at radius 3 is 2.76 bits per heavy atom. The fraction of sp³-hybridized carbons (Fsp3) is 0.308. The molecule has 0 atom stereocenters. The zero-order valence-electron chi connectivity index (χ0n) is 11.0. The van der Waals surface area contributed by atoms with Gasteiger partial charge in [0.25, 0.3) is 5.24 Å². The number of hydrogen-bond acceptors (Lipinski definition) is 5. The molecule has 1 aliphatic rings. The highest BCUT2D eigenvalue weighted by Gasteiger charge is 2.21. The van der Waals surface area contributed by atoms with Crippen molar-refractivity contribution in [2.24, 2.45) is 0 Å². The summed E-state index contributed by atoms with van der Waals surface area (Å²) >= 11 is 1.22. The van der Waals surface area contributed by atoms with Gasteiger partial charge in [0.1, 0.15) is 5.56 Å². The van der Waals surface area contributed by atoms with Crippen molar-refractivity contribution in [3.8, 4) is 5.75 Å². The zero-order chi connectivity index (χ0) is 15.4. The summed E-state index contributed by atoms with van der Waals surface area (Å²) in [5.74, 6) is -1.42. The van der Waals surface area contributed by atoms with E-state index in [0.29, 0.717) is 13.1 Å². The van der Waals surface area contributed by atoms with Gasteiger partial charge in [-0.05, 0) is 12.1 Å². The Labute approximate surface area is 124 Å². The molecule has 0 spiro atoms. The maximum atomic E-state index is 11.8. The highest BCUT2D eigenvalue weighted by atomic mass is 32.2. The first-order chi connectivity index (χ1) is 9.99. The van der Waals surface area contributed by atoms with Crippen LogP contribution in [-0.4, -0.2) is 51.1 Å². The number of rotatable bonds is 5. The molecular formula is C13H14N2O5S. The Bertz CT molecular complexity index is 590. The summed E-state index contributed by atoms with van der Waals surface area (Å²) in [6.45, 7) is 0.924. The molecule has 7 nitrogen and oxygen atoms in total. The van der Waals surface area contributed by atoms with E-state index in [1.54, 1.807) is 4.90 Å². The smallest absolute Gasteiger partial charge is 0.339 e. The lowest BCUT2D eigenvalue weighted by Crippen LogP contribution is -2.27. The number of phenols is 1. The minimum Gasteiger partial charge on any atom is -0.505 e.